The van der Waals surface area contributed by atoms with Crippen LogP contribution >= 0.6 is 0 Å². The summed E-state index contributed by atoms with van der Waals surface area (Å²) in [5.74, 6) is -0.187. The predicted molar refractivity (Wildman–Crippen MR) is 105 cm³/mol. The van der Waals surface area contributed by atoms with E-state index in [1.165, 1.54) is 5.56 Å². The van der Waals surface area contributed by atoms with E-state index in [1.54, 1.807) is 4.90 Å². The smallest absolute Gasteiger partial charge is 0.255 e. The van der Waals surface area contributed by atoms with Gasteiger partial charge in [0, 0.05) is 39.3 Å². The van der Waals surface area contributed by atoms with Crippen molar-refractivity contribution in [3.8, 4) is 0 Å². The Morgan fingerprint density at radius 3 is 2.44 bits per heavy atom. The fourth-order valence-electron chi connectivity index (χ4n) is 4.06. The second-order valence-electron chi connectivity index (χ2n) is 8.29. The first-order valence-corrected chi connectivity index (χ1v) is 10.1. The van der Waals surface area contributed by atoms with Crippen LogP contribution in [0.15, 0.2) is 30.3 Å². The van der Waals surface area contributed by atoms with Gasteiger partial charge in [0.05, 0.1) is 5.60 Å². The van der Waals surface area contributed by atoms with Crippen LogP contribution in [0.2, 0.25) is 0 Å². The van der Waals surface area contributed by atoms with Crippen LogP contribution in [0.5, 0.6) is 0 Å². The molecule has 150 valence electrons. The molecule has 0 spiro atoms. The average molecular weight is 376 g/mol. The molecule has 1 unspecified atom stereocenters. The van der Waals surface area contributed by atoms with Crippen molar-refractivity contribution in [3.63, 3.8) is 0 Å². The second-order valence-corrected chi connectivity index (χ2v) is 8.29. The quantitative estimate of drug-likeness (QED) is 0.652. The largest absolute Gasteiger partial charge is 0.388 e. The third kappa shape index (κ3) is 5.29. The first-order chi connectivity index (χ1) is 12.9. The molecule has 6 nitrogen and oxygen atoms in total. The molecule has 1 atom stereocenters. The lowest BCUT2D eigenvalue weighted by Crippen LogP contribution is -2.59. The molecule has 2 aliphatic rings. The molecule has 0 bridgehead atoms. The summed E-state index contributed by atoms with van der Waals surface area (Å²) < 4.78 is 0. The first kappa shape index (κ1) is 20.3. The number of rotatable bonds is 7. The van der Waals surface area contributed by atoms with Crippen molar-refractivity contribution in [3.05, 3.63) is 35.9 Å². The van der Waals surface area contributed by atoms with Crippen molar-refractivity contribution < 1.29 is 15.0 Å². The van der Waals surface area contributed by atoms with E-state index in [-0.39, 0.29) is 12.5 Å². The van der Waals surface area contributed by atoms with E-state index in [0.717, 1.165) is 25.9 Å². The molecule has 6 heteroatoms. The maximum absolute atomic E-state index is 12.8. The molecule has 0 aromatic heterocycles. The molecule has 2 fully saturated rings. The van der Waals surface area contributed by atoms with E-state index in [1.807, 2.05) is 18.2 Å². The number of amides is 1. The lowest BCUT2D eigenvalue weighted by Gasteiger charge is -2.40. The third-order valence-corrected chi connectivity index (χ3v) is 6.01. The highest BCUT2D eigenvalue weighted by molar-refractivity contribution is 5.86. The average Bonchev–Trinajstić information content (AvgIpc) is 2.67. The van der Waals surface area contributed by atoms with Crippen molar-refractivity contribution in [1.29, 1.82) is 0 Å². The SMILES string of the molecule is CN1CCC(O)(CNCC2(O)CCCN(CCc3ccccc3)C2=O)CC1. The van der Waals surface area contributed by atoms with Crippen LogP contribution in [0.1, 0.15) is 31.2 Å². The van der Waals surface area contributed by atoms with Crippen molar-refractivity contribution in [2.24, 2.45) is 0 Å². The Balaban J connectivity index is 1.49. The number of likely N-dealkylation sites (tertiary alicyclic amines) is 2. The summed E-state index contributed by atoms with van der Waals surface area (Å²) in [6.07, 6.45) is 3.50. The van der Waals surface area contributed by atoms with Crippen LogP contribution in [0.3, 0.4) is 0 Å². The summed E-state index contributed by atoms with van der Waals surface area (Å²) in [5.41, 5.74) is -0.910. The van der Waals surface area contributed by atoms with Gasteiger partial charge in [0.25, 0.3) is 5.91 Å². The molecule has 2 saturated heterocycles. The fourth-order valence-corrected chi connectivity index (χ4v) is 4.06. The zero-order valence-electron chi connectivity index (χ0n) is 16.4. The molecular formula is C21H33N3O3. The summed E-state index contributed by atoms with van der Waals surface area (Å²) in [7, 11) is 2.06. The fraction of sp³-hybridized carbons (Fsp3) is 0.667. The van der Waals surface area contributed by atoms with Gasteiger partial charge in [-0.25, -0.2) is 0 Å². The van der Waals surface area contributed by atoms with Crippen molar-refractivity contribution >= 4 is 5.91 Å². The van der Waals surface area contributed by atoms with E-state index in [9.17, 15) is 15.0 Å². The van der Waals surface area contributed by atoms with Gasteiger partial charge in [-0.1, -0.05) is 30.3 Å². The molecule has 0 radical (unpaired) electrons. The summed E-state index contributed by atoms with van der Waals surface area (Å²) in [5, 5.41) is 24.8. The molecule has 3 N–H and O–H groups in total. The number of hydrogen-bond acceptors (Lipinski definition) is 5. The van der Waals surface area contributed by atoms with Crippen LogP contribution < -0.4 is 5.32 Å². The van der Waals surface area contributed by atoms with Crippen LogP contribution in [0.25, 0.3) is 0 Å². The Hall–Kier alpha value is -1.47. The summed E-state index contributed by atoms with van der Waals surface area (Å²) >= 11 is 0. The van der Waals surface area contributed by atoms with Gasteiger partial charge in [-0.15, -0.1) is 0 Å². The lowest BCUT2D eigenvalue weighted by molar-refractivity contribution is -0.156. The summed E-state index contributed by atoms with van der Waals surface area (Å²) in [6, 6.07) is 10.1. The van der Waals surface area contributed by atoms with E-state index < -0.39 is 11.2 Å². The molecule has 2 aliphatic heterocycles. The second kappa shape index (κ2) is 8.69. The number of aliphatic hydroxyl groups is 2. The summed E-state index contributed by atoms with van der Waals surface area (Å²) in [4.78, 5) is 16.8. The van der Waals surface area contributed by atoms with E-state index in [4.69, 9.17) is 0 Å². The minimum absolute atomic E-state index is 0.187. The Morgan fingerprint density at radius 2 is 1.74 bits per heavy atom. The number of hydrogen-bond donors (Lipinski definition) is 3. The number of carbonyl (C=O) groups is 1. The van der Waals surface area contributed by atoms with E-state index in [0.29, 0.717) is 38.9 Å². The standard InChI is InChI=1S/C21H33N3O3/c1-23-14-10-20(26,11-15-23)16-22-17-21(27)9-5-12-24(19(21)25)13-8-18-6-3-2-4-7-18/h2-4,6-7,22,26-27H,5,8-17H2,1H3. The van der Waals surface area contributed by atoms with Gasteiger partial charge >= 0.3 is 0 Å². The minimum Gasteiger partial charge on any atom is -0.388 e. The highest BCUT2D eigenvalue weighted by Crippen LogP contribution is 2.24. The van der Waals surface area contributed by atoms with Crippen molar-refractivity contribution in [2.75, 3.05) is 46.3 Å². The zero-order chi connectivity index (χ0) is 19.3. The maximum Gasteiger partial charge on any atom is 0.255 e. The Morgan fingerprint density at radius 1 is 1.04 bits per heavy atom. The van der Waals surface area contributed by atoms with Crippen LogP contribution in [0, 0.1) is 0 Å². The number of benzene rings is 1. The third-order valence-electron chi connectivity index (χ3n) is 6.01. The van der Waals surface area contributed by atoms with Gasteiger partial charge in [-0.3, -0.25) is 4.79 Å². The first-order valence-electron chi connectivity index (χ1n) is 10.1. The molecule has 1 amide bonds. The van der Waals surface area contributed by atoms with Crippen molar-refractivity contribution in [1.82, 2.24) is 15.1 Å². The Bertz CT molecular complexity index is 616. The molecule has 2 heterocycles. The summed E-state index contributed by atoms with van der Waals surface area (Å²) in [6.45, 7) is 3.68. The highest BCUT2D eigenvalue weighted by atomic mass is 16.3. The van der Waals surface area contributed by atoms with E-state index in [2.05, 4.69) is 29.4 Å². The number of piperidine rings is 2. The Kier molecular flexibility index (Phi) is 6.52. The molecular weight excluding hydrogens is 342 g/mol. The topological polar surface area (TPSA) is 76.0 Å². The normalized spacial score (nSPS) is 26.3. The Labute approximate surface area is 162 Å². The van der Waals surface area contributed by atoms with E-state index >= 15 is 0 Å². The molecule has 0 aliphatic carbocycles. The van der Waals surface area contributed by atoms with Gasteiger partial charge in [0.1, 0.15) is 0 Å². The van der Waals surface area contributed by atoms with Gasteiger partial charge in [-0.2, -0.15) is 0 Å². The predicted octanol–water partition coefficient (Wildman–Crippen LogP) is 0.629. The monoisotopic (exact) mass is 375 g/mol. The van der Waals surface area contributed by atoms with Gasteiger partial charge < -0.3 is 25.3 Å². The molecule has 27 heavy (non-hydrogen) atoms. The molecule has 3 rings (SSSR count). The zero-order valence-corrected chi connectivity index (χ0v) is 16.4. The van der Waals surface area contributed by atoms with Gasteiger partial charge in [0.15, 0.2) is 5.60 Å². The minimum atomic E-state index is -1.36. The number of carbonyl (C=O) groups excluding carboxylic acids is 1. The van der Waals surface area contributed by atoms with Gasteiger partial charge in [0.2, 0.25) is 0 Å². The highest BCUT2D eigenvalue weighted by Gasteiger charge is 2.42. The van der Waals surface area contributed by atoms with Gasteiger partial charge in [-0.05, 0) is 44.7 Å². The molecule has 1 aromatic carbocycles. The maximum atomic E-state index is 12.8. The number of nitrogens with zero attached hydrogens (tertiary/aromatic N) is 2. The van der Waals surface area contributed by atoms with Crippen LogP contribution in [0.4, 0.5) is 0 Å². The molecule has 1 aromatic rings. The van der Waals surface area contributed by atoms with Crippen LogP contribution in [-0.4, -0.2) is 83.4 Å². The number of nitrogens with one attached hydrogen (secondary N) is 1. The van der Waals surface area contributed by atoms with Crippen LogP contribution in [-0.2, 0) is 11.2 Å². The lowest BCUT2D eigenvalue weighted by atomic mass is 9.89. The van der Waals surface area contributed by atoms with Crippen molar-refractivity contribution in [2.45, 2.75) is 43.3 Å². The molecule has 0 saturated carbocycles.